The first kappa shape index (κ1) is 15.0. The first-order chi connectivity index (χ1) is 9.60. The Balaban J connectivity index is 2.24. The highest BCUT2D eigenvalue weighted by molar-refractivity contribution is 9.10. The van der Waals surface area contributed by atoms with E-state index in [1.807, 2.05) is 12.1 Å². The summed E-state index contributed by atoms with van der Waals surface area (Å²) >= 11 is 3.46. The van der Waals surface area contributed by atoms with E-state index in [0.717, 1.165) is 22.7 Å². The monoisotopic (exact) mass is 333 g/mol. The van der Waals surface area contributed by atoms with Crippen molar-refractivity contribution >= 4 is 21.7 Å². The van der Waals surface area contributed by atoms with Crippen LogP contribution >= 0.6 is 15.9 Å². The van der Waals surface area contributed by atoms with E-state index in [2.05, 4.69) is 76.3 Å². The second kappa shape index (κ2) is 6.84. The van der Waals surface area contributed by atoms with Gasteiger partial charge in [-0.1, -0.05) is 51.1 Å². The van der Waals surface area contributed by atoms with E-state index in [4.69, 9.17) is 0 Å². The Kier molecular flexibility index (Phi) is 5.12. The van der Waals surface area contributed by atoms with Gasteiger partial charge in [-0.15, -0.1) is 0 Å². The van der Waals surface area contributed by atoms with Gasteiger partial charge in [0.05, 0.1) is 6.04 Å². The van der Waals surface area contributed by atoms with Gasteiger partial charge in [-0.05, 0) is 27.9 Å². The molecule has 0 aliphatic heterocycles. The van der Waals surface area contributed by atoms with Crippen molar-refractivity contribution in [1.29, 1.82) is 0 Å². The van der Waals surface area contributed by atoms with Crippen LogP contribution in [0.1, 0.15) is 50.5 Å². The van der Waals surface area contributed by atoms with Crippen molar-refractivity contribution in [2.75, 3.05) is 5.32 Å². The van der Waals surface area contributed by atoms with Crippen LogP contribution in [0.15, 0.2) is 41.0 Å². The Bertz CT molecular complexity index is 555. The highest BCUT2D eigenvalue weighted by Gasteiger charge is 2.12. The van der Waals surface area contributed by atoms with Crippen molar-refractivity contribution in [3.8, 4) is 0 Å². The Labute approximate surface area is 129 Å². The number of aromatic nitrogens is 2. The standard InChI is InChI=1S/C16H20BrN3/c1-4-13(12-8-6-5-7-9-12)18-15-10-14(17)19-16(20-15)11(2)3/h5-11,13H,4H2,1-3H3,(H,18,19,20). The fourth-order valence-corrected chi connectivity index (χ4v) is 2.45. The van der Waals surface area contributed by atoms with Crippen LogP contribution in [0.5, 0.6) is 0 Å². The molecular formula is C16H20BrN3. The molecule has 20 heavy (non-hydrogen) atoms. The lowest BCUT2D eigenvalue weighted by Crippen LogP contribution is -2.12. The molecule has 106 valence electrons. The molecule has 0 aliphatic rings. The van der Waals surface area contributed by atoms with Crippen LogP contribution in [0, 0.1) is 0 Å². The van der Waals surface area contributed by atoms with Crippen LogP contribution in [0.2, 0.25) is 0 Å². The fourth-order valence-electron chi connectivity index (χ4n) is 2.05. The summed E-state index contributed by atoms with van der Waals surface area (Å²) in [4.78, 5) is 9.00. The molecule has 1 atom stereocenters. The second-order valence-corrected chi connectivity index (χ2v) is 5.92. The van der Waals surface area contributed by atoms with Crippen molar-refractivity contribution in [3.63, 3.8) is 0 Å². The average Bonchev–Trinajstić information content (AvgIpc) is 2.45. The molecule has 1 aromatic carbocycles. The van der Waals surface area contributed by atoms with Gasteiger partial charge in [-0.2, -0.15) is 0 Å². The zero-order valence-electron chi connectivity index (χ0n) is 12.1. The first-order valence-corrected chi connectivity index (χ1v) is 7.75. The fraction of sp³-hybridized carbons (Fsp3) is 0.375. The van der Waals surface area contributed by atoms with Crippen LogP contribution in [-0.4, -0.2) is 9.97 Å². The van der Waals surface area contributed by atoms with Gasteiger partial charge in [0.2, 0.25) is 0 Å². The summed E-state index contributed by atoms with van der Waals surface area (Å²) < 4.78 is 0.821. The molecule has 0 aliphatic carbocycles. The van der Waals surface area contributed by atoms with Crippen LogP contribution in [0.4, 0.5) is 5.82 Å². The Hall–Kier alpha value is -1.42. The van der Waals surface area contributed by atoms with Gasteiger partial charge in [0.1, 0.15) is 16.2 Å². The number of nitrogens with one attached hydrogen (secondary N) is 1. The van der Waals surface area contributed by atoms with E-state index < -0.39 is 0 Å². The molecule has 3 nitrogen and oxygen atoms in total. The highest BCUT2D eigenvalue weighted by Crippen LogP contribution is 2.24. The lowest BCUT2D eigenvalue weighted by Gasteiger charge is -2.19. The largest absolute Gasteiger partial charge is 0.363 e. The number of nitrogens with zero attached hydrogens (tertiary/aromatic N) is 2. The second-order valence-electron chi connectivity index (χ2n) is 5.10. The molecule has 1 N–H and O–H groups in total. The van der Waals surface area contributed by atoms with Gasteiger partial charge in [0.25, 0.3) is 0 Å². The van der Waals surface area contributed by atoms with E-state index in [-0.39, 0.29) is 6.04 Å². The maximum absolute atomic E-state index is 4.59. The average molecular weight is 334 g/mol. The van der Waals surface area contributed by atoms with Gasteiger partial charge in [-0.3, -0.25) is 0 Å². The Morgan fingerprint density at radius 1 is 1.15 bits per heavy atom. The lowest BCUT2D eigenvalue weighted by atomic mass is 10.0. The maximum Gasteiger partial charge on any atom is 0.134 e. The van der Waals surface area contributed by atoms with Gasteiger partial charge in [0.15, 0.2) is 0 Å². The van der Waals surface area contributed by atoms with Gasteiger partial charge in [0, 0.05) is 12.0 Å². The molecule has 1 aromatic heterocycles. The summed E-state index contributed by atoms with van der Waals surface area (Å²) in [6.45, 7) is 6.37. The third kappa shape index (κ3) is 3.79. The number of halogens is 1. The number of benzene rings is 1. The zero-order chi connectivity index (χ0) is 14.5. The van der Waals surface area contributed by atoms with E-state index in [1.54, 1.807) is 0 Å². The minimum Gasteiger partial charge on any atom is -0.363 e. The molecule has 1 heterocycles. The zero-order valence-corrected chi connectivity index (χ0v) is 13.7. The maximum atomic E-state index is 4.59. The SMILES string of the molecule is CCC(Nc1cc(Br)nc(C(C)C)n1)c1ccccc1. The minimum absolute atomic E-state index is 0.262. The highest BCUT2D eigenvalue weighted by atomic mass is 79.9. The molecule has 2 rings (SSSR count). The van der Waals surface area contributed by atoms with E-state index in [0.29, 0.717) is 5.92 Å². The van der Waals surface area contributed by atoms with Crippen LogP contribution in [0.25, 0.3) is 0 Å². The third-order valence-corrected chi connectivity index (χ3v) is 3.57. The van der Waals surface area contributed by atoms with Gasteiger partial charge in [-0.25, -0.2) is 9.97 Å². The summed E-state index contributed by atoms with van der Waals surface area (Å²) in [6, 6.07) is 12.6. The summed E-state index contributed by atoms with van der Waals surface area (Å²) in [5.74, 6) is 2.03. The third-order valence-electron chi connectivity index (χ3n) is 3.16. The molecule has 0 saturated carbocycles. The quantitative estimate of drug-likeness (QED) is 0.788. The van der Waals surface area contributed by atoms with E-state index >= 15 is 0 Å². The predicted octanol–water partition coefficient (Wildman–Crippen LogP) is 4.93. The topological polar surface area (TPSA) is 37.8 Å². The molecule has 2 aromatic rings. The summed E-state index contributed by atoms with van der Waals surface area (Å²) in [5, 5.41) is 3.50. The predicted molar refractivity (Wildman–Crippen MR) is 86.9 cm³/mol. The molecule has 0 bridgehead atoms. The van der Waals surface area contributed by atoms with Crippen molar-refractivity contribution in [2.45, 2.75) is 39.2 Å². The lowest BCUT2D eigenvalue weighted by molar-refractivity contribution is 0.729. The van der Waals surface area contributed by atoms with E-state index in [1.165, 1.54) is 5.56 Å². The van der Waals surface area contributed by atoms with Crippen molar-refractivity contribution in [1.82, 2.24) is 9.97 Å². The van der Waals surface area contributed by atoms with Crippen molar-refractivity contribution in [3.05, 3.63) is 52.4 Å². The summed E-state index contributed by atoms with van der Waals surface area (Å²) in [5.41, 5.74) is 1.27. The number of hydrogen-bond donors (Lipinski definition) is 1. The molecule has 1 unspecified atom stereocenters. The number of anilines is 1. The summed E-state index contributed by atoms with van der Waals surface area (Å²) in [7, 11) is 0. The smallest absolute Gasteiger partial charge is 0.134 e. The molecule has 0 fully saturated rings. The van der Waals surface area contributed by atoms with Gasteiger partial charge < -0.3 is 5.32 Å². The van der Waals surface area contributed by atoms with Crippen LogP contribution in [0.3, 0.4) is 0 Å². The molecule has 0 spiro atoms. The number of rotatable bonds is 5. The molecule has 0 saturated heterocycles. The van der Waals surface area contributed by atoms with Crippen molar-refractivity contribution < 1.29 is 0 Å². The molecule has 4 heteroatoms. The normalized spacial score (nSPS) is 12.4. The minimum atomic E-state index is 0.262. The molecular weight excluding hydrogens is 314 g/mol. The summed E-state index contributed by atoms with van der Waals surface area (Å²) in [6.07, 6.45) is 1.00. The Morgan fingerprint density at radius 2 is 1.85 bits per heavy atom. The van der Waals surface area contributed by atoms with E-state index in [9.17, 15) is 0 Å². The molecule has 0 radical (unpaired) electrons. The number of hydrogen-bond acceptors (Lipinski definition) is 3. The first-order valence-electron chi connectivity index (χ1n) is 6.96. The van der Waals surface area contributed by atoms with Crippen LogP contribution < -0.4 is 5.32 Å². The Morgan fingerprint density at radius 3 is 2.45 bits per heavy atom. The van der Waals surface area contributed by atoms with Crippen LogP contribution in [-0.2, 0) is 0 Å². The van der Waals surface area contributed by atoms with Crippen molar-refractivity contribution in [2.24, 2.45) is 0 Å². The van der Waals surface area contributed by atoms with Gasteiger partial charge >= 0.3 is 0 Å². The molecule has 0 amide bonds.